The van der Waals surface area contributed by atoms with Gasteiger partial charge >= 0.3 is 0 Å². The molecule has 1 aliphatic heterocycles. The second-order valence-corrected chi connectivity index (χ2v) is 4.83. The number of piperidine rings is 1. The summed E-state index contributed by atoms with van der Waals surface area (Å²) < 4.78 is 1.02. The average Bonchev–Trinajstić information content (AvgIpc) is 2.30. The lowest BCUT2D eigenvalue weighted by atomic mass is 10.0. The number of aromatic nitrogens is 1. The topological polar surface area (TPSA) is 42.1 Å². The van der Waals surface area contributed by atoms with Crippen LogP contribution in [0.15, 0.2) is 22.8 Å². The molecule has 0 radical (unpaired) electrons. The minimum absolute atomic E-state index is 0. The number of halogens is 2. The lowest BCUT2D eigenvalue weighted by Crippen LogP contribution is -2.44. The molecule has 1 aromatic heterocycles. The van der Waals surface area contributed by atoms with Crippen LogP contribution >= 0.6 is 28.3 Å². The molecule has 1 atom stereocenters. The Hall–Kier alpha value is -0.320. The van der Waals surface area contributed by atoms with Crippen LogP contribution in [0.4, 0.5) is 5.82 Å². The number of hydrogen-bond donors (Lipinski definition) is 1. The van der Waals surface area contributed by atoms with Crippen molar-refractivity contribution < 1.29 is 0 Å². The van der Waals surface area contributed by atoms with Crippen molar-refractivity contribution in [2.75, 3.05) is 18.0 Å². The lowest BCUT2D eigenvalue weighted by molar-refractivity contribution is 0.462. The maximum absolute atomic E-state index is 5.78. The van der Waals surface area contributed by atoms with Gasteiger partial charge in [0, 0.05) is 29.8 Å². The van der Waals surface area contributed by atoms with Crippen LogP contribution in [0.25, 0.3) is 0 Å². The number of nitrogens with two attached hydrogens (primary N) is 1. The highest BCUT2D eigenvalue weighted by Gasteiger charge is 2.21. The average molecular weight is 307 g/mol. The molecule has 1 aromatic rings. The minimum Gasteiger partial charge on any atom is -0.352 e. The Morgan fingerprint density at radius 2 is 2.25 bits per heavy atom. The Labute approximate surface area is 111 Å². The Bertz CT molecular complexity index is 318. The second kappa shape index (κ2) is 6.42. The molecule has 2 rings (SSSR count). The molecule has 0 aromatic carbocycles. The van der Waals surface area contributed by atoms with Gasteiger partial charge in [0.05, 0.1) is 0 Å². The molecule has 0 amide bonds. The first-order valence-electron chi connectivity index (χ1n) is 5.39. The quantitative estimate of drug-likeness (QED) is 0.913. The third-order valence-electron chi connectivity index (χ3n) is 2.91. The molecule has 16 heavy (non-hydrogen) atoms. The molecule has 3 nitrogen and oxygen atoms in total. The van der Waals surface area contributed by atoms with E-state index < -0.39 is 0 Å². The van der Waals surface area contributed by atoms with Gasteiger partial charge in [0.2, 0.25) is 0 Å². The molecule has 90 valence electrons. The van der Waals surface area contributed by atoms with Gasteiger partial charge < -0.3 is 10.6 Å². The molecule has 1 fully saturated rings. The highest BCUT2D eigenvalue weighted by atomic mass is 79.9. The van der Waals surface area contributed by atoms with Crippen molar-refractivity contribution >= 4 is 34.2 Å². The maximum atomic E-state index is 5.78. The smallest absolute Gasteiger partial charge is 0.128 e. The number of rotatable bonds is 2. The maximum Gasteiger partial charge on any atom is 0.128 e. The molecule has 0 spiro atoms. The number of pyridine rings is 1. The summed E-state index contributed by atoms with van der Waals surface area (Å²) >= 11 is 3.40. The normalized spacial score (nSPS) is 20.4. The summed E-state index contributed by atoms with van der Waals surface area (Å²) in [7, 11) is 0. The van der Waals surface area contributed by atoms with Crippen molar-refractivity contribution in [3.8, 4) is 0 Å². The van der Waals surface area contributed by atoms with Crippen LogP contribution in [0.3, 0.4) is 0 Å². The van der Waals surface area contributed by atoms with Gasteiger partial charge in [-0.2, -0.15) is 0 Å². The van der Waals surface area contributed by atoms with Crippen molar-refractivity contribution in [2.45, 2.75) is 25.3 Å². The summed E-state index contributed by atoms with van der Waals surface area (Å²) in [6, 6.07) is 4.55. The van der Waals surface area contributed by atoms with Crippen LogP contribution in [-0.2, 0) is 0 Å². The Morgan fingerprint density at radius 1 is 1.44 bits per heavy atom. The van der Waals surface area contributed by atoms with E-state index in [9.17, 15) is 0 Å². The minimum atomic E-state index is 0. The first-order chi connectivity index (χ1) is 7.31. The van der Waals surface area contributed by atoms with Crippen molar-refractivity contribution in [2.24, 2.45) is 5.73 Å². The van der Waals surface area contributed by atoms with Crippen molar-refractivity contribution in [1.29, 1.82) is 0 Å². The zero-order chi connectivity index (χ0) is 10.7. The van der Waals surface area contributed by atoms with Gasteiger partial charge in [-0.3, -0.25) is 0 Å². The molecular weight excluding hydrogens is 289 g/mol. The molecule has 2 N–H and O–H groups in total. The van der Waals surface area contributed by atoms with Crippen molar-refractivity contribution in [1.82, 2.24) is 4.98 Å². The fraction of sp³-hybridized carbons (Fsp3) is 0.545. The van der Waals surface area contributed by atoms with E-state index in [1.54, 1.807) is 0 Å². The van der Waals surface area contributed by atoms with Crippen LogP contribution in [0, 0.1) is 0 Å². The third-order valence-corrected chi connectivity index (χ3v) is 3.37. The fourth-order valence-electron chi connectivity index (χ4n) is 2.09. The van der Waals surface area contributed by atoms with Gasteiger partial charge in [0.25, 0.3) is 0 Å². The van der Waals surface area contributed by atoms with Gasteiger partial charge in [0.15, 0.2) is 0 Å². The van der Waals surface area contributed by atoms with E-state index in [0.29, 0.717) is 6.04 Å². The zero-order valence-electron chi connectivity index (χ0n) is 9.10. The van der Waals surface area contributed by atoms with Gasteiger partial charge in [-0.1, -0.05) is 0 Å². The Balaban J connectivity index is 0.00000128. The van der Waals surface area contributed by atoms with Crippen LogP contribution in [0.1, 0.15) is 19.3 Å². The molecule has 1 saturated heterocycles. The third kappa shape index (κ3) is 3.09. The zero-order valence-corrected chi connectivity index (χ0v) is 11.5. The predicted octanol–water partition coefficient (Wildman–Crippen LogP) is 2.58. The summed E-state index contributed by atoms with van der Waals surface area (Å²) in [5, 5.41) is 0. The summed E-state index contributed by atoms with van der Waals surface area (Å²) in [4.78, 5) is 6.75. The highest BCUT2D eigenvalue weighted by Crippen LogP contribution is 2.23. The first-order valence-corrected chi connectivity index (χ1v) is 6.19. The molecule has 5 heteroatoms. The summed E-state index contributed by atoms with van der Waals surface area (Å²) in [6.45, 7) is 1.80. The Kier molecular flexibility index (Phi) is 5.52. The van der Waals surface area contributed by atoms with Crippen molar-refractivity contribution in [3.05, 3.63) is 22.8 Å². The lowest BCUT2D eigenvalue weighted by Gasteiger charge is -2.35. The second-order valence-electron chi connectivity index (χ2n) is 3.91. The van der Waals surface area contributed by atoms with E-state index in [0.717, 1.165) is 23.4 Å². The van der Waals surface area contributed by atoms with Crippen molar-refractivity contribution in [3.63, 3.8) is 0 Å². The summed E-state index contributed by atoms with van der Waals surface area (Å²) in [5.74, 6) is 1.05. The largest absolute Gasteiger partial charge is 0.352 e. The standard InChI is InChI=1S/C11H16BrN3.ClH/c12-9-4-5-11(14-8-9)15-6-2-1-3-10(15)7-13;/h4-5,8,10H,1-3,6-7,13H2;1H. The van der Waals surface area contributed by atoms with E-state index in [1.165, 1.54) is 19.3 Å². The molecule has 0 aliphatic carbocycles. The van der Waals surface area contributed by atoms with Gasteiger partial charge in [0.1, 0.15) is 5.82 Å². The van der Waals surface area contributed by atoms with E-state index in [1.807, 2.05) is 12.3 Å². The molecule has 0 bridgehead atoms. The van der Waals surface area contributed by atoms with E-state index in [-0.39, 0.29) is 12.4 Å². The summed E-state index contributed by atoms with van der Waals surface area (Å²) in [6.07, 6.45) is 5.56. The van der Waals surface area contributed by atoms with Gasteiger partial charge in [-0.25, -0.2) is 4.98 Å². The van der Waals surface area contributed by atoms with E-state index >= 15 is 0 Å². The predicted molar refractivity (Wildman–Crippen MR) is 73.2 cm³/mol. The fourth-order valence-corrected chi connectivity index (χ4v) is 2.32. The molecule has 1 unspecified atom stereocenters. The monoisotopic (exact) mass is 305 g/mol. The highest BCUT2D eigenvalue weighted by molar-refractivity contribution is 9.10. The van der Waals surface area contributed by atoms with Crippen LogP contribution < -0.4 is 10.6 Å². The first kappa shape index (κ1) is 13.7. The van der Waals surface area contributed by atoms with Crippen LogP contribution in [-0.4, -0.2) is 24.1 Å². The van der Waals surface area contributed by atoms with Gasteiger partial charge in [-0.15, -0.1) is 12.4 Å². The molecule has 2 heterocycles. The van der Waals surface area contributed by atoms with Crippen LogP contribution in [0.5, 0.6) is 0 Å². The molecular formula is C11H17BrClN3. The van der Waals surface area contributed by atoms with Gasteiger partial charge in [-0.05, 0) is 47.3 Å². The van der Waals surface area contributed by atoms with Crippen LogP contribution in [0.2, 0.25) is 0 Å². The number of nitrogens with zero attached hydrogens (tertiary/aromatic N) is 2. The SMILES string of the molecule is Cl.NCC1CCCCN1c1ccc(Br)cn1. The molecule has 1 aliphatic rings. The number of anilines is 1. The summed E-state index contributed by atoms with van der Waals surface area (Å²) in [5.41, 5.74) is 5.78. The number of hydrogen-bond acceptors (Lipinski definition) is 3. The van der Waals surface area contributed by atoms with E-state index in [2.05, 4.69) is 31.9 Å². The van der Waals surface area contributed by atoms with E-state index in [4.69, 9.17) is 5.73 Å². The molecule has 0 saturated carbocycles. The Morgan fingerprint density at radius 3 is 2.88 bits per heavy atom.